The van der Waals surface area contributed by atoms with Crippen LogP contribution in [0.4, 0.5) is 0 Å². The predicted molar refractivity (Wildman–Crippen MR) is 75.7 cm³/mol. The highest BCUT2D eigenvalue weighted by Crippen LogP contribution is 2.29. The van der Waals surface area contributed by atoms with Gasteiger partial charge in [0.05, 0.1) is 7.11 Å². The van der Waals surface area contributed by atoms with Crippen molar-refractivity contribution in [1.82, 2.24) is 9.55 Å². The van der Waals surface area contributed by atoms with E-state index in [0.29, 0.717) is 6.54 Å². The van der Waals surface area contributed by atoms with Gasteiger partial charge in [-0.05, 0) is 46.7 Å². The summed E-state index contributed by atoms with van der Waals surface area (Å²) in [4.78, 5) is 4.62. The van der Waals surface area contributed by atoms with E-state index in [9.17, 15) is 0 Å². The fourth-order valence-corrected chi connectivity index (χ4v) is 2.33. The van der Waals surface area contributed by atoms with Crippen molar-refractivity contribution < 1.29 is 4.74 Å². The highest BCUT2D eigenvalue weighted by Gasteiger charge is 2.13. The number of ether oxygens (including phenoxy) is 1. The number of imidazole rings is 1. The average molecular weight is 310 g/mol. The average Bonchev–Trinajstić information content (AvgIpc) is 2.68. The molecular weight excluding hydrogens is 294 g/mol. The minimum Gasteiger partial charge on any atom is -0.497 e. The first-order chi connectivity index (χ1) is 8.67. The van der Waals surface area contributed by atoms with Gasteiger partial charge in [-0.2, -0.15) is 0 Å². The Balaban J connectivity index is 2.40. The molecule has 0 spiro atoms. The van der Waals surface area contributed by atoms with Gasteiger partial charge >= 0.3 is 0 Å². The van der Waals surface area contributed by atoms with Crippen LogP contribution in [-0.2, 0) is 13.5 Å². The predicted octanol–water partition coefficient (Wildman–Crippen LogP) is 2.36. The first-order valence-electron chi connectivity index (χ1n) is 5.73. The number of aromatic nitrogens is 2. The topological polar surface area (TPSA) is 53.1 Å². The second-order valence-electron chi connectivity index (χ2n) is 3.99. The quantitative estimate of drug-likeness (QED) is 0.943. The summed E-state index contributed by atoms with van der Waals surface area (Å²) in [5, 5.41) is 0. The Labute approximate surface area is 115 Å². The third-order valence-electron chi connectivity index (χ3n) is 2.85. The molecule has 0 saturated heterocycles. The number of rotatable bonds is 4. The third-order valence-corrected chi connectivity index (χ3v) is 3.76. The van der Waals surface area contributed by atoms with Gasteiger partial charge in [-0.25, -0.2) is 4.98 Å². The molecule has 4 nitrogen and oxygen atoms in total. The molecule has 0 aliphatic carbocycles. The van der Waals surface area contributed by atoms with Crippen molar-refractivity contribution in [2.75, 3.05) is 13.7 Å². The summed E-state index contributed by atoms with van der Waals surface area (Å²) in [5.74, 6) is 1.82. The molecule has 0 unspecified atom stereocenters. The Kier molecular flexibility index (Phi) is 4.04. The molecule has 0 saturated carbocycles. The lowest BCUT2D eigenvalue weighted by molar-refractivity contribution is 0.415. The van der Waals surface area contributed by atoms with Crippen LogP contribution >= 0.6 is 15.9 Å². The van der Waals surface area contributed by atoms with E-state index in [2.05, 4.69) is 20.9 Å². The smallest absolute Gasteiger partial charge is 0.118 e. The van der Waals surface area contributed by atoms with Gasteiger partial charge in [0.1, 0.15) is 21.9 Å². The Morgan fingerprint density at radius 2 is 2.00 bits per heavy atom. The number of halogens is 1. The highest BCUT2D eigenvalue weighted by molar-refractivity contribution is 9.10. The molecule has 2 aromatic rings. The normalized spacial score (nSPS) is 10.7. The minimum atomic E-state index is 0.597. The van der Waals surface area contributed by atoms with Crippen LogP contribution in [0, 0.1) is 0 Å². The van der Waals surface area contributed by atoms with Crippen molar-refractivity contribution in [3.8, 4) is 17.0 Å². The van der Waals surface area contributed by atoms with Gasteiger partial charge < -0.3 is 15.0 Å². The number of nitrogens with zero attached hydrogens (tertiary/aromatic N) is 2. The Morgan fingerprint density at radius 3 is 2.56 bits per heavy atom. The summed E-state index contributed by atoms with van der Waals surface area (Å²) in [6.07, 6.45) is 0.769. The fraction of sp³-hybridized carbons (Fsp3) is 0.308. The Hall–Kier alpha value is -1.33. The van der Waals surface area contributed by atoms with Crippen LogP contribution in [0.1, 0.15) is 5.82 Å². The maximum absolute atomic E-state index is 5.58. The molecule has 1 aromatic heterocycles. The SMILES string of the molecule is COc1ccc(-c2nc(CCN)n(C)c2Br)cc1. The minimum absolute atomic E-state index is 0.597. The van der Waals surface area contributed by atoms with Gasteiger partial charge in [-0.1, -0.05) is 0 Å². The summed E-state index contributed by atoms with van der Waals surface area (Å²) in [6, 6.07) is 7.86. The van der Waals surface area contributed by atoms with Crippen molar-refractivity contribution in [3.63, 3.8) is 0 Å². The van der Waals surface area contributed by atoms with E-state index in [0.717, 1.165) is 33.9 Å². The van der Waals surface area contributed by atoms with E-state index in [-0.39, 0.29) is 0 Å². The molecule has 0 aliphatic heterocycles. The molecule has 0 radical (unpaired) electrons. The van der Waals surface area contributed by atoms with Gasteiger partial charge in [0.2, 0.25) is 0 Å². The van der Waals surface area contributed by atoms with Gasteiger partial charge in [-0.3, -0.25) is 0 Å². The number of nitrogens with two attached hydrogens (primary N) is 1. The Morgan fingerprint density at radius 1 is 1.33 bits per heavy atom. The van der Waals surface area contributed by atoms with Crippen molar-refractivity contribution in [3.05, 3.63) is 34.7 Å². The molecule has 2 N–H and O–H groups in total. The highest BCUT2D eigenvalue weighted by atomic mass is 79.9. The molecule has 0 fully saturated rings. The number of hydrogen-bond donors (Lipinski definition) is 1. The van der Waals surface area contributed by atoms with E-state index >= 15 is 0 Å². The lowest BCUT2D eigenvalue weighted by Crippen LogP contribution is -2.07. The molecular formula is C13H16BrN3O. The first kappa shape index (κ1) is 13.1. The van der Waals surface area contributed by atoms with Gasteiger partial charge in [0, 0.05) is 19.0 Å². The molecule has 5 heteroatoms. The molecule has 0 bridgehead atoms. The molecule has 2 rings (SSSR count). The van der Waals surface area contributed by atoms with Crippen LogP contribution in [0.15, 0.2) is 28.9 Å². The standard InChI is InChI=1S/C13H16BrN3O/c1-17-11(7-8-15)16-12(13(17)14)9-3-5-10(18-2)6-4-9/h3-6H,7-8,15H2,1-2H3. The zero-order valence-electron chi connectivity index (χ0n) is 10.5. The van der Waals surface area contributed by atoms with Gasteiger partial charge in [0.25, 0.3) is 0 Å². The van der Waals surface area contributed by atoms with Gasteiger partial charge in [-0.15, -0.1) is 0 Å². The van der Waals surface area contributed by atoms with E-state index in [1.807, 2.05) is 35.9 Å². The summed E-state index contributed by atoms with van der Waals surface area (Å²) in [5.41, 5.74) is 7.57. The molecule has 0 atom stereocenters. The lowest BCUT2D eigenvalue weighted by Gasteiger charge is -2.02. The molecule has 0 aliphatic rings. The van der Waals surface area contributed by atoms with Crippen LogP contribution in [0.25, 0.3) is 11.3 Å². The maximum atomic E-state index is 5.58. The summed E-state index contributed by atoms with van der Waals surface area (Å²) in [6.45, 7) is 0.597. The first-order valence-corrected chi connectivity index (χ1v) is 6.52. The summed E-state index contributed by atoms with van der Waals surface area (Å²) in [7, 11) is 3.64. The number of methoxy groups -OCH3 is 1. The zero-order chi connectivity index (χ0) is 13.1. The van der Waals surface area contributed by atoms with E-state index in [4.69, 9.17) is 10.5 Å². The van der Waals surface area contributed by atoms with Gasteiger partial charge in [0.15, 0.2) is 0 Å². The molecule has 96 valence electrons. The number of hydrogen-bond acceptors (Lipinski definition) is 3. The second kappa shape index (κ2) is 5.54. The van der Waals surface area contributed by atoms with Crippen molar-refractivity contribution in [2.45, 2.75) is 6.42 Å². The summed E-state index contributed by atoms with van der Waals surface area (Å²) >= 11 is 3.57. The van der Waals surface area contributed by atoms with Crippen molar-refractivity contribution in [2.24, 2.45) is 12.8 Å². The van der Waals surface area contributed by atoms with Crippen LogP contribution in [-0.4, -0.2) is 23.2 Å². The second-order valence-corrected chi connectivity index (χ2v) is 4.74. The van der Waals surface area contributed by atoms with Crippen LogP contribution in [0.3, 0.4) is 0 Å². The van der Waals surface area contributed by atoms with Crippen molar-refractivity contribution in [1.29, 1.82) is 0 Å². The van der Waals surface area contributed by atoms with E-state index < -0.39 is 0 Å². The summed E-state index contributed by atoms with van der Waals surface area (Å²) < 4.78 is 8.14. The lowest BCUT2D eigenvalue weighted by atomic mass is 10.2. The molecule has 18 heavy (non-hydrogen) atoms. The van der Waals surface area contributed by atoms with Crippen LogP contribution < -0.4 is 10.5 Å². The maximum Gasteiger partial charge on any atom is 0.118 e. The van der Waals surface area contributed by atoms with Crippen LogP contribution in [0.5, 0.6) is 5.75 Å². The largest absolute Gasteiger partial charge is 0.497 e. The Bertz CT molecular complexity index is 534. The fourth-order valence-electron chi connectivity index (χ4n) is 1.81. The number of benzene rings is 1. The van der Waals surface area contributed by atoms with E-state index in [1.165, 1.54) is 0 Å². The van der Waals surface area contributed by atoms with E-state index in [1.54, 1.807) is 7.11 Å². The zero-order valence-corrected chi connectivity index (χ0v) is 12.1. The molecule has 1 heterocycles. The monoisotopic (exact) mass is 309 g/mol. The molecule has 0 amide bonds. The van der Waals surface area contributed by atoms with Crippen molar-refractivity contribution >= 4 is 15.9 Å². The molecule has 1 aromatic carbocycles. The third kappa shape index (κ3) is 2.42. The van der Waals surface area contributed by atoms with Crippen LogP contribution in [0.2, 0.25) is 0 Å².